The first kappa shape index (κ1) is 18.4. The lowest BCUT2D eigenvalue weighted by atomic mass is 9.84. The number of rotatable bonds is 5. The average Bonchev–Trinajstić information content (AvgIpc) is 2.84. The molecule has 1 aliphatic carbocycles. The van der Waals surface area contributed by atoms with E-state index in [0.717, 1.165) is 12.8 Å². The molecule has 0 aromatic carbocycles. The van der Waals surface area contributed by atoms with Gasteiger partial charge in [-0.05, 0) is 46.1 Å². The van der Waals surface area contributed by atoms with Gasteiger partial charge in [-0.15, -0.1) is 23.7 Å². The molecule has 1 saturated carbocycles. The van der Waals surface area contributed by atoms with Gasteiger partial charge in [0.05, 0.1) is 0 Å². The molecule has 0 amide bonds. The van der Waals surface area contributed by atoms with Crippen molar-refractivity contribution in [2.24, 2.45) is 11.7 Å². The van der Waals surface area contributed by atoms with E-state index in [1.807, 2.05) is 0 Å². The zero-order chi connectivity index (χ0) is 13.9. The van der Waals surface area contributed by atoms with Gasteiger partial charge in [0, 0.05) is 17.1 Å². The molecule has 1 aromatic rings. The maximum Gasteiger partial charge on any atom is 0.251 e. The minimum Gasteiger partial charge on any atom is -0.329 e. The molecule has 1 aromatic heterocycles. The minimum atomic E-state index is -3.47. The van der Waals surface area contributed by atoms with Crippen LogP contribution in [0, 0.1) is 5.92 Å². The third-order valence-corrected chi connectivity index (χ3v) is 7.77. The molecule has 8 heteroatoms. The van der Waals surface area contributed by atoms with E-state index in [1.54, 1.807) is 11.4 Å². The quantitative estimate of drug-likeness (QED) is 0.793. The fourth-order valence-electron chi connectivity index (χ4n) is 2.60. The molecular formula is C12H20BrClN2O2S2. The van der Waals surface area contributed by atoms with Crippen molar-refractivity contribution in [3.63, 3.8) is 0 Å². The van der Waals surface area contributed by atoms with Gasteiger partial charge >= 0.3 is 0 Å². The number of nitrogens with two attached hydrogens (primary N) is 1. The normalized spacial score (nSPS) is 18.5. The summed E-state index contributed by atoms with van der Waals surface area (Å²) in [5.74, 6) is 0.368. The summed E-state index contributed by atoms with van der Waals surface area (Å²) in [5.41, 5.74) is 5.77. The van der Waals surface area contributed by atoms with Crippen LogP contribution >= 0.6 is 39.7 Å². The highest BCUT2D eigenvalue weighted by molar-refractivity contribution is 9.10. The number of sulfonamides is 1. The molecule has 1 atom stereocenters. The minimum absolute atomic E-state index is 0. The molecule has 20 heavy (non-hydrogen) atoms. The Morgan fingerprint density at radius 2 is 2.05 bits per heavy atom. The molecule has 0 spiro atoms. The molecule has 1 unspecified atom stereocenters. The molecule has 4 nitrogen and oxygen atoms in total. The summed E-state index contributed by atoms with van der Waals surface area (Å²) in [6.45, 7) is 0.354. The average molecular weight is 404 g/mol. The largest absolute Gasteiger partial charge is 0.329 e. The predicted octanol–water partition coefficient (Wildman–Crippen LogP) is 3.12. The van der Waals surface area contributed by atoms with Crippen molar-refractivity contribution in [3.8, 4) is 0 Å². The zero-order valence-corrected chi connectivity index (χ0v) is 15.1. The molecule has 0 radical (unpaired) electrons. The third-order valence-electron chi connectivity index (χ3n) is 3.61. The molecule has 1 fully saturated rings. The fraction of sp³-hybridized carbons (Fsp3) is 0.667. The van der Waals surface area contributed by atoms with Crippen molar-refractivity contribution in [1.82, 2.24) is 4.72 Å². The van der Waals surface area contributed by atoms with E-state index < -0.39 is 10.0 Å². The lowest BCUT2D eigenvalue weighted by Gasteiger charge is -2.29. The predicted molar refractivity (Wildman–Crippen MR) is 89.0 cm³/mol. The molecule has 116 valence electrons. The Balaban J connectivity index is 0.00000200. The maximum atomic E-state index is 12.3. The van der Waals surface area contributed by atoms with Gasteiger partial charge < -0.3 is 5.73 Å². The van der Waals surface area contributed by atoms with Crippen LogP contribution in [0.5, 0.6) is 0 Å². The van der Waals surface area contributed by atoms with Crippen molar-refractivity contribution >= 4 is 49.7 Å². The van der Waals surface area contributed by atoms with Crippen LogP contribution in [0.4, 0.5) is 0 Å². The van der Waals surface area contributed by atoms with Gasteiger partial charge in [-0.1, -0.05) is 19.3 Å². The Morgan fingerprint density at radius 3 is 2.55 bits per heavy atom. The molecule has 0 saturated heterocycles. The van der Waals surface area contributed by atoms with Crippen LogP contribution in [-0.2, 0) is 10.0 Å². The second kappa shape index (κ2) is 8.10. The number of hydrogen-bond acceptors (Lipinski definition) is 4. The molecule has 0 aliphatic heterocycles. The van der Waals surface area contributed by atoms with E-state index in [4.69, 9.17) is 5.73 Å². The Hall–Kier alpha value is 0.340. The summed E-state index contributed by atoms with van der Waals surface area (Å²) in [6.07, 6.45) is 5.72. The van der Waals surface area contributed by atoms with E-state index in [1.165, 1.54) is 30.6 Å². The van der Waals surface area contributed by atoms with Gasteiger partial charge in [0.25, 0.3) is 10.0 Å². The molecule has 1 heterocycles. The van der Waals surface area contributed by atoms with E-state index >= 15 is 0 Å². The Bertz CT molecular complexity index is 515. The first-order chi connectivity index (χ1) is 9.04. The highest BCUT2D eigenvalue weighted by atomic mass is 79.9. The lowest BCUT2D eigenvalue weighted by molar-refractivity contribution is 0.294. The number of halogens is 2. The monoisotopic (exact) mass is 402 g/mol. The van der Waals surface area contributed by atoms with Gasteiger partial charge in [0.1, 0.15) is 4.21 Å². The summed E-state index contributed by atoms with van der Waals surface area (Å²) in [5, 5.41) is 1.76. The van der Waals surface area contributed by atoms with Crippen molar-refractivity contribution in [2.75, 3.05) is 6.54 Å². The summed E-state index contributed by atoms with van der Waals surface area (Å²) in [7, 11) is -3.47. The number of thiophene rings is 1. The van der Waals surface area contributed by atoms with Gasteiger partial charge in [-0.2, -0.15) is 0 Å². The SMILES string of the molecule is Cl.NCC(NS(=O)(=O)c1sccc1Br)C1CCCCC1. The van der Waals surface area contributed by atoms with Gasteiger partial charge in [0.15, 0.2) is 0 Å². The van der Waals surface area contributed by atoms with Gasteiger partial charge in [0.2, 0.25) is 0 Å². The van der Waals surface area contributed by atoms with Crippen molar-refractivity contribution in [2.45, 2.75) is 42.4 Å². The molecule has 2 rings (SSSR count). The van der Waals surface area contributed by atoms with Crippen LogP contribution in [0.15, 0.2) is 20.1 Å². The molecular weight excluding hydrogens is 384 g/mol. The van der Waals surface area contributed by atoms with Crippen LogP contribution in [0.25, 0.3) is 0 Å². The standard InChI is InChI=1S/C12H19BrN2O2S2.ClH/c13-10-6-7-18-12(10)19(16,17)15-11(8-14)9-4-2-1-3-5-9;/h6-7,9,11,15H,1-5,8,14H2;1H. The van der Waals surface area contributed by atoms with Gasteiger partial charge in [-0.3, -0.25) is 0 Å². The maximum absolute atomic E-state index is 12.3. The van der Waals surface area contributed by atoms with Crippen LogP contribution in [0.1, 0.15) is 32.1 Å². The summed E-state index contributed by atoms with van der Waals surface area (Å²) >= 11 is 4.49. The Morgan fingerprint density at radius 1 is 1.40 bits per heavy atom. The van der Waals surface area contributed by atoms with Crippen LogP contribution in [-0.4, -0.2) is 21.0 Å². The zero-order valence-electron chi connectivity index (χ0n) is 11.0. The second-order valence-corrected chi connectivity index (χ2v) is 8.60. The summed E-state index contributed by atoms with van der Waals surface area (Å²) in [6, 6.07) is 1.59. The third kappa shape index (κ3) is 4.42. The van der Waals surface area contributed by atoms with E-state index in [9.17, 15) is 8.42 Å². The van der Waals surface area contributed by atoms with Crippen molar-refractivity contribution < 1.29 is 8.42 Å². The summed E-state index contributed by atoms with van der Waals surface area (Å²) < 4.78 is 28.4. The van der Waals surface area contributed by atoms with E-state index in [0.29, 0.717) is 21.1 Å². The molecule has 1 aliphatic rings. The lowest BCUT2D eigenvalue weighted by Crippen LogP contribution is -2.45. The van der Waals surface area contributed by atoms with E-state index in [-0.39, 0.29) is 18.4 Å². The smallest absolute Gasteiger partial charge is 0.251 e. The first-order valence-corrected chi connectivity index (χ1v) is 9.65. The van der Waals surface area contributed by atoms with Crippen LogP contribution in [0.3, 0.4) is 0 Å². The summed E-state index contributed by atoms with van der Waals surface area (Å²) in [4.78, 5) is 0. The van der Waals surface area contributed by atoms with Crippen molar-refractivity contribution in [1.29, 1.82) is 0 Å². The molecule has 0 bridgehead atoms. The Labute approximate surface area is 139 Å². The van der Waals surface area contributed by atoms with Crippen LogP contribution < -0.4 is 10.5 Å². The van der Waals surface area contributed by atoms with Gasteiger partial charge in [-0.25, -0.2) is 13.1 Å². The molecule has 3 N–H and O–H groups in total. The highest BCUT2D eigenvalue weighted by Crippen LogP contribution is 2.30. The second-order valence-electron chi connectivity index (χ2n) is 4.92. The Kier molecular flexibility index (Phi) is 7.45. The topological polar surface area (TPSA) is 72.2 Å². The highest BCUT2D eigenvalue weighted by Gasteiger charge is 2.28. The number of hydrogen-bond donors (Lipinski definition) is 2. The van der Waals surface area contributed by atoms with E-state index in [2.05, 4.69) is 20.7 Å². The first-order valence-electron chi connectivity index (χ1n) is 6.50. The fourth-order valence-corrected chi connectivity index (χ4v) is 6.27. The number of nitrogens with one attached hydrogen (secondary N) is 1. The van der Waals surface area contributed by atoms with Crippen molar-refractivity contribution in [3.05, 3.63) is 15.9 Å². The van der Waals surface area contributed by atoms with Crippen LogP contribution in [0.2, 0.25) is 0 Å².